The van der Waals surface area contributed by atoms with Crippen molar-refractivity contribution in [1.29, 1.82) is 0 Å². The highest BCUT2D eigenvalue weighted by atomic mass is 32.2. The fourth-order valence-corrected chi connectivity index (χ4v) is 3.57. The smallest absolute Gasteiger partial charge is 0.315 e. The molecule has 2 aromatic rings. The Morgan fingerprint density at radius 3 is 2.56 bits per heavy atom. The standard InChI is InChI=1S/C16H19N3O4S2/c1-4-12(24-9-13(20)23-3)14(21)17-16-19-18-15(25-16)10-5-7-11(22-2)8-6-10/h5-8,12H,4,9H2,1-3H3,(H,17,19,21)/t12-/m0/s1. The molecule has 0 aliphatic rings. The van der Waals surface area contributed by atoms with Gasteiger partial charge in [0.15, 0.2) is 0 Å². The van der Waals surface area contributed by atoms with Gasteiger partial charge in [0.05, 0.1) is 25.2 Å². The molecule has 0 unspecified atom stereocenters. The van der Waals surface area contributed by atoms with Gasteiger partial charge < -0.3 is 9.47 Å². The average molecular weight is 381 g/mol. The molecule has 0 aliphatic heterocycles. The Morgan fingerprint density at radius 1 is 1.24 bits per heavy atom. The van der Waals surface area contributed by atoms with Gasteiger partial charge in [0.2, 0.25) is 11.0 Å². The molecule has 1 aromatic carbocycles. The molecule has 0 aliphatic carbocycles. The first kappa shape index (κ1) is 19.2. The third-order valence-electron chi connectivity index (χ3n) is 3.29. The Kier molecular flexibility index (Phi) is 7.20. The number of anilines is 1. The minimum absolute atomic E-state index is 0.135. The van der Waals surface area contributed by atoms with Crippen LogP contribution in [0.4, 0.5) is 5.13 Å². The van der Waals surface area contributed by atoms with Gasteiger partial charge in [0, 0.05) is 5.56 Å². The lowest BCUT2D eigenvalue weighted by Crippen LogP contribution is -2.25. The van der Waals surface area contributed by atoms with Crippen molar-refractivity contribution in [3.8, 4) is 16.3 Å². The Bertz CT molecular complexity index is 718. The number of carbonyl (C=O) groups is 2. The van der Waals surface area contributed by atoms with E-state index >= 15 is 0 Å². The Hall–Kier alpha value is -2.13. The first-order chi connectivity index (χ1) is 12.1. The number of ether oxygens (including phenoxy) is 2. The van der Waals surface area contributed by atoms with Gasteiger partial charge in [-0.2, -0.15) is 0 Å². The number of benzene rings is 1. The van der Waals surface area contributed by atoms with Crippen LogP contribution in [0.1, 0.15) is 13.3 Å². The topological polar surface area (TPSA) is 90.4 Å². The molecule has 7 nitrogen and oxygen atoms in total. The maximum Gasteiger partial charge on any atom is 0.315 e. The van der Waals surface area contributed by atoms with E-state index in [1.807, 2.05) is 31.2 Å². The summed E-state index contributed by atoms with van der Waals surface area (Å²) >= 11 is 2.53. The van der Waals surface area contributed by atoms with E-state index in [0.29, 0.717) is 16.6 Å². The normalized spacial score (nSPS) is 11.6. The van der Waals surface area contributed by atoms with Crippen molar-refractivity contribution < 1.29 is 19.1 Å². The van der Waals surface area contributed by atoms with Crippen LogP contribution in [0.25, 0.3) is 10.6 Å². The van der Waals surface area contributed by atoms with Gasteiger partial charge in [-0.3, -0.25) is 14.9 Å². The molecule has 0 radical (unpaired) electrons. The van der Waals surface area contributed by atoms with Gasteiger partial charge in [-0.1, -0.05) is 18.3 Å². The number of carbonyl (C=O) groups excluding carboxylic acids is 2. The summed E-state index contributed by atoms with van der Waals surface area (Å²) in [6, 6.07) is 7.44. The third-order valence-corrected chi connectivity index (χ3v) is 5.53. The van der Waals surface area contributed by atoms with Crippen molar-refractivity contribution in [2.24, 2.45) is 0 Å². The van der Waals surface area contributed by atoms with Crippen molar-refractivity contribution in [1.82, 2.24) is 10.2 Å². The molecule has 0 saturated heterocycles. The van der Waals surface area contributed by atoms with Gasteiger partial charge in [-0.05, 0) is 30.7 Å². The van der Waals surface area contributed by atoms with E-state index in [1.165, 1.54) is 30.2 Å². The number of thioether (sulfide) groups is 1. The van der Waals surface area contributed by atoms with Crippen LogP contribution in [0.15, 0.2) is 24.3 Å². The molecular formula is C16H19N3O4S2. The van der Waals surface area contributed by atoms with Crippen molar-refractivity contribution in [2.75, 3.05) is 25.3 Å². The van der Waals surface area contributed by atoms with Crippen LogP contribution >= 0.6 is 23.1 Å². The number of amides is 1. The summed E-state index contributed by atoms with van der Waals surface area (Å²) in [7, 11) is 2.93. The second kappa shape index (κ2) is 9.38. The maximum absolute atomic E-state index is 12.3. The molecule has 0 fully saturated rings. The Morgan fingerprint density at radius 2 is 1.96 bits per heavy atom. The molecule has 1 aromatic heterocycles. The van der Waals surface area contributed by atoms with Gasteiger partial charge in [0.25, 0.3) is 0 Å². The zero-order valence-corrected chi connectivity index (χ0v) is 15.8. The lowest BCUT2D eigenvalue weighted by atomic mass is 10.2. The minimum atomic E-state index is -0.354. The zero-order chi connectivity index (χ0) is 18.2. The molecule has 0 saturated carbocycles. The molecule has 134 valence electrons. The molecule has 1 amide bonds. The minimum Gasteiger partial charge on any atom is -0.497 e. The zero-order valence-electron chi connectivity index (χ0n) is 14.1. The van der Waals surface area contributed by atoms with Crippen molar-refractivity contribution in [3.05, 3.63) is 24.3 Å². The number of nitrogens with zero attached hydrogens (tertiary/aromatic N) is 2. The Labute approximate surface area is 154 Å². The number of hydrogen-bond acceptors (Lipinski definition) is 8. The van der Waals surface area contributed by atoms with E-state index in [0.717, 1.165) is 11.3 Å². The van der Waals surface area contributed by atoms with Gasteiger partial charge >= 0.3 is 5.97 Å². The van der Waals surface area contributed by atoms with Crippen LogP contribution in [0.2, 0.25) is 0 Å². The van der Waals surface area contributed by atoms with Gasteiger partial charge in [-0.25, -0.2) is 0 Å². The number of rotatable bonds is 8. The van der Waals surface area contributed by atoms with E-state index < -0.39 is 0 Å². The molecule has 9 heteroatoms. The summed E-state index contributed by atoms with van der Waals surface area (Å²) in [5.74, 6) is 0.341. The van der Waals surface area contributed by atoms with Crippen LogP contribution in [0.3, 0.4) is 0 Å². The molecule has 25 heavy (non-hydrogen) atoms. The van der Waals surface area contributed by atoms with E-state index in [1.54, 1.807) is 7.11 Å². The first-order valence-electron chi connectivity index (χ1n) is 7.54. The summed E-state index contributed by atoms with van der Waals surface area (Å²) in [5, 5.41) is 11.6. The van der Waals surface area contributed by atoms with Crippen LogP contribution in [-0.4, -0.2) is 47.3 Å². The van der Waals surface area contributed by atoms with Crippen molar-refractivity contribution >= 4 is 40.1 Å². The predicted octanol–water partition coefficient (Wildman–Crippen LogP) is 2.84. The molecule has 1 heterocycles. The highest BCUT2D eigenvalue weighted by Crippen LogP contribution is 2.28. The van der Waals surface area contributed by atoms with Crippen LogP contribution in [0, 0.1) is 0 Å². The van der Waals surface area contributed by atoms with Crippen molar-refractivity contribution in [3.63, 3.8) is 0 Å². The summed E-state index contributed by atoms with van der Waals surface area (Å²) in [6.07, 6.45) is 0.595. The van der Waals surface area contributed by atoms with Gasteiger partial charge in [0.1, 0.15) is 10.8 Å². The number of hydrogen-bond donors (Lipinski definition) is 1. The molecule has 0 spiro atoms. The van der Waals surface area contributed by atoms with E-state index in [4.69, 9.17) is 4.74 Å². The highest BCUT2D eigenvalue weighted by molar-refractivity contribution is 8.01. The first-order valence-corrected chi connectivity index (χ1v) is 9.41. The Balaban J connectivity index is 1.98. The summed E-state index contributed by atoms with van der Waals surface area (Å²) < 4.78 is 9.72. The third kappa shape index (κ3) is 5.43. The number of methoxy groups -OCH3 is 2. The van der Waals surface area contributed by atoms with Crippen molar-refractivity contribution in [2.45, 2.75) is 18.6 Å². The maximum atomic E-state index is 12.3. The number of nitrogens with one attached hydrogen (secondary N) is 1. The summed E-state index contributed by atoms with van der Waals surface area (Å²) in [4.78, 5) is 23.5. The van der Waals surface area contributed by atoms with E-state index in [2.05, 4.69) is 20.3 Å². The lowest BCUT2D eigenvalue weighted by Gasteiger charge is -2.12. The van der Waals surface area contributed by atoms with Crippen LogP contribution < -0.4 is 10.1 Å². The molecule has 2 rings (SSSR count). The van der Waals surface area contributed by atoms with Crippen LogP contribution in [0.5, 0.6) is 5.75 Å². The fourth-order valence-electron chi connectivity index (χ4n) is 1.92. The monoisotopic (exact) mass is 381 g/mol. The van der Waals surface area contributed by atoms with E-state index in [-0.39, 0.29) is 22.9 Å². The highest BCUT2D eigenvalue weighted by Gasteiger charge is 2.20. The average Bonchev–Trinajstić information content (AvgIpc) is 3.10. The second-order valence-electron chi connectivity index (χ2n) is 4.91. The largest absolute Gasteiger partial charge is 0.497 e. The molecule has 1 atom stereocenters. The summed E-state index contributed by atoms with van der Waals surface area (Å²) in [5.41, 5.74) is 0.894. The number of aromatic nitrogens is 2. The summed E-state index contributed by atoms with van der Waals surface area (Å²) in [6.45, 7) is 1.89. The number of esters is 1. The quantitative estimate of drug-likeness (QED) is 0.703. The molecular weight excluding hydrogens is 362 g/mol. The predicted molar refractivity (Wildman–Crippen MR) is 99.1 cm³/mol. The van der Waals surface area contributed by atoms with Crippen LogP contribution in [-0.2, 0) is 14.3 Å². The molecule has 1 N–H and O–H groups in total. The SMILES string of the molecule is CC[C@H](SCC(=O)OC)C(=O)Nc1nnc(-c2ccc(OC)cc2)s1. The molecule has 0 bridgehead atoms. The lowest BCUT2D eigenvalue weighted by molar-refractivity contribution is -0.137. The second-order valence-corrected chi connectivity index (χ2v) is 7.08. The fraction of sp³-hybridized carbons (Fsp3) is 0.375. The van der Waals surface area contributed by atoms with E-state index in [9.17, 15) is 9.59 Å². The van der Waals surface area contributed by atoms with Gasteiger partial charge in [-0.15, -0.1) is 22.0 Å².